The summed E-state index contributed by atoms with van der Waals surface area (Å²) in [7, 11) is 3.99. The number of nitrogens with zero attached hydrogens (tertiary/aromatic N) is 5. The molecule has 0 aliphatic rings. The second-order valence-electron chi connectivity index (χ2n) is 3.76. The summed E-state index contributed by atoms with van der Waals surface area (Å²) < 4.78 is 0. The Hall–Kier alpha value is -1.89. The molecule has 1 heterocycles. The number of anilines is 1. The van der Waals surface area contributed by atoms with Crippen molar-refractivity contribution in [2.24, 2.45) is 10.2 Å². The Kier molecular flexibility index (Phi) is 3.93. The highest BCUT2D eigenvalue weighted by molar-refractivity contribution is 7.98. The molecule has 1 aromatic heterocycles. The lowest BCUT2D eigenvalue weighted by Crippen LogP contribution is -2.07. The molecule has 1 aromatic carbocycles. The van der Waals surface area contributed by atoms with Crippen LogP contribution >= 0.6 is 11.8 Å². The van der Waals surface area contributed by atoms with Crippen LogP contribution in [0.25, 0.3) is 0 Å². The van der Waals surface area contributed by atoms with Gasteiger partial charge >= 0.3 is 0 Å². The number of rotatable bonds is 4. The lowest BCUT2D eigenvalue weighted by Gasteiger charge is -2.11. The topological polar surface area (TPSA) is 69.5 Å². The van der Waals surface area contributed by atoms with Crippen LogP contribution in [0.3, 0.4) is 0 Å². The minimum atomic E-state index is 0.413. The van der Waals surface area contributed by atoms with Gasteiger partial charge in [-0.2, -0.15) is 4.98 Å². The molecule has 0 fully saturated rings. The summed E-state index contributed by atoms with van der Waals surface area (Å²) in [6, 6.07) is 7.79. The second kappa shape index (κ2) is 5.63. The van der Waals surface area contributed by atoms with Crippen LogP contribution in [0.15, 0.2) is 39.7 Å². The van der Waals surface area contributed by atoms with E-state index in [-0.39, 0.29) is 0 Å². The molecule has 0 atom stereocenters. The number of hydrogen-bond acceptors (Lipinski definition) is 6. The summed E-state index contributed by atoms with van der Waals surface area (Å²) in [5, 5.41) is 15.4. The number of aromatic amines is 1. The molecule has 1 N–H and O–H groups in total. The largest absolute Gasteiger partial charge is 0.378 e. The minimum Gasteiger partial charge on any atom is -0.378 e. The van der Waals surface area contributed by atoms with Crippen molar-refractivity contribution in [3.8, 4) is 0 Å². The fourth-order valence-corrected chi connectivity index (χ4v) is 1.61. The zero-order chi connectivity index (χ0) is 13.0. The third-order valence-corrected chi connectivity index (χ3v) is 2.81. The van der Waals surface area contributed by atoms with Crippen molar-refractivity contribution >= 4 is 29.1 Å². The number of aromatic nitrogens is 3. The van der Waals surface area contributed by atoms with Crippen LogP contribution in [0.1, 0.15) is 0 Å². The molecule has 6 nitrogen and oxygen atoms in total. The summed E-state index contributed by atoms with van der Waals surface area (Å²) >= 11 is 1.46. The van der Waals surface area contributed by atoms with Gasteiger partial charge in [-0.1, -0.05) is 11.8 Å². The van der Waals surface area contributed by atoms with Crippen LogP contribution in [0.4, 0.5) is 17.3 Å². The van der Waals surface area contributed by atoms with Crippen molar-refractivity contribution in [3.63, 3.8) is 0 Å². The van der Waals surface area contributed by atoms with E-state index in [0.717, 1.165) is 11.4 Å². The van der Waals surface area contributed by atoms with E-state index >= 15 is 0 Å². The van der Waals surface area contributed by atoms with E-state index in [2.05, 4.69) is 25.4 Å². The van der Waals surface area contributed by atoms with Gasteiger partial charge in [-0.25, -0.2) is 5.10 Å². The summed E-state index contributed by atoms with van der Waals surface area (Å²) in [5.74, 6) is 0.413. The van der Waals surface area contributed by atoms with Gasteiger partial charge in [0.25, 0.3) is 5.95 Å². The Morgan fingerprint density at radius 1 is 1.17 bits per heavy atom. The Labute approximate surface area is 110 Å². The van der Waals surface area contributed by atoms with Crippen molar-refractivity contribution in [2.75, 3.05) is 25.3 Å². The van der Waals surface area contributed by atoms with Crippen LogP contribution in [0.2, 0.25) is 0 Å². The molecule has 0 bridgehead atoms. The monoisotopic (exact) mass is 262 g/mol. The molecule has 2 aromatic rings. The number of benzene rings is 1. The highest BCUT2D eigenvalue weighted by atomic mass is 32.2. The molecule has 0 aliphatic heterocycles. The van der Waals surface area contributed by atoms with Crippen molar-refractivity contribution in [3.05, 3.63) is 24.3 Å². The molecule has 0 radical (unpaired) electrons. The molecular formula is C11H14N6S. The summed E-state index contributed by atoms with van der Waals surface area (Å²) in [6.45, 7) is 0. The highest BCUT2D eigenvalue weighted by Gasteiger charge is 1.99. The average Bonchev–Trinajstić information content (AvgIpc) is 2.85. The van der Waals surface area contributed by atoms with Gasteiger partial charge in [0, 0.05) is 19.8 Å². The van der Waals surface area contributed by atoms with E-state index in [4.69, 9.17) is 0 Å². The number of thioether (sulfide) groups is 1. The predicted molar refractivity (Wildman–Crippen MR) is 73.1 cm³/mol. The van der Waals surface area contributed by atoms with E-state index in [0.29, 0.717) is 11.1 Å². The first-order valence-corrected chi connectivity index (χ1v) is 6.57. The van der Waals surface area contributed by atoms with Gasteiger partial charge in [-0.15, -0.1) is 15.3 Å². The lowest BCUT2D eigenvalue weighted by atomic mass is 10.3. The third kappa shape index (κ3) is 3.07. The molecule has 18 heavy (non-hydrogen) atoms. The van der Waals surface area contributed by atoms with Crippen molar-refractivity contribution < 1.29 is 0 Å². The smallest absolute Gasteiger partial charge is 0.265 e. The zero-order valence-electron chi connectivity index (χ0n) is 10.5. The van der Waals surface area contributed by atoms with Crippen LogP contribution in [0, 0.1) is 0 Å². The van der Waals surface area contributed by atoms with Crippen molar-refractivity contribution in [2.45, 2.75) is 5.16 Å². The number of nitrogens with one attached hydrogen (secondary N) is 1. The fraction of sp³-hybridized carbons (Fsp3) is 0.273. The van der Waals surface area contributed by atoms with E-state index in [9.17, 15) is 0 Å². The molecule has 7 heteroatoms. The number of azo groups is 1. The number of H-pyrrole nitrogens is 1. The van der Waals surface area contributed by atoms with Crippen LogP contribution in [0.5, 0.6) is 0 Å². The van der Waals surface area contributed by atoms with Crippen molar-refractivity contribution in [1.82, 2.24) is 15.2 Å². The molecule has 0 saturated heterocycles. The first-order valence-electron chi connectivity index (χ1n) is 5.34. The molecular weight excluding hydrogens is 248 g/mol. The minimum absolute atomic E-state index is 0.413. The summed E-state index contributed by atoms with van der Waals surface area (Å²) in [6.07, 6.45) is 1.91. The molecule has 0 spiro atoms. The SMILES string of the molecule is CSc1n[nH]c(N=Nc2ccc(N(C)C)cc2)n1. The standard InChI is InChI=1S/C11H14N6S/c1-17(2)9-6-4-8(5-7-9)13-14-10-12-11(18-3)16-15-10/h4-7H,1-3H3,(H,12,15,16). The Balaban J connectivity index is 2.08. The molecule has 0 aliphatic carbocycles. The maximum atomic E-state index is 4.12. The van der Waals surface area contributed by atoms with Gasteiger partial charge < -0.3 is 4.90 Å². The summed E-state index contributed by atoms with van der Waals surface area (Å²) in [5.41, 5.74) is 1.90. The van der Waals surface area contributed by atoms with E-state index in [1.165, 1.54) is 11.8 Å². The Morgan fingerprint density at radius 2 is 1.89 bits per heavy atom. The third-order valence-electron chi connectivity index (χ3n) is 2.26. The van der Waals surface area contributed by atoms with Crippen molar-refractivity contribution in [1.29, 1.82) is 0 Å². The average molecular weight is 262 g/mol. The van der Waals surface area contributed by atoms with E-state index in [1.807, 2.05) is 49.5 Å². The quantitative estimate of drug-likeness (QED) is 0.679. The first kappa shape index (κ1) is 12.6. The van der Waals surface area contributed by atoms with Gasteiger partial charge in [0.05, 0.1) is 5.69 Å². The zero-order valence-corrected chi connectivity index (χ0v) is 11.3. The predicted octanol–water partition coefficient (Wildman–Crippen LogP) is 3.01. The van der Waals surface area contributed by atoms with Crippen LogP contribution in [-0.4, -0.2) is 35.5 Å². The van der Waals surface area contributed by atoms with E-state index < -0.39 is 0 Å². The molecule has 0 unspecified atom stereocenters. The Bertz CT molecular complexity index is 531. The van der Waals surface area contributed by atoms with Gasteiger partial charge in [-0.3, -0.25) is 0 Å². The van der Waals surface area contributed by atoms with Gasteiger partial charge in [0.2, 0.25) is 5.16 Å². The highest BCUT2D eigenvalue weighted by Crippen LogP contribution is 2.20. The first-order chi connectivity index (χ1) is 8.69. The summed E-state index contributed by atoms with van der Waals surface area (Å²) in [4.78, 5) is 6.15. The molecule has 94 valence electrons. The van der Waals surface area contributed by atoms with Crippen LogP contribution < -0.4 is 4.90 Å². The van der Waals surface area contributed by atoms with Gasteiger partial charge in [0.1, 0.15) is 0 Å². The normalized spacial score (nSPS) is 11.1. The lowest BCUT2D eigenvalue weighted by molar-refractivity contribution is 0.974. The maximum Gasteiger partial charge on any atom is 0.265 e. The van der Waals surface area contributed by atoms with Gasteiger partial charge in [-0.05, 0) is 30.5 Å². The molecule has 0 saturated carbocycles. The molecule has 2 rings (SSSR count). The number of hydrogen-bond donors (Lipinski definition) is 1. The van der Waals surface area contributed by atoms with Crippen LogP contribution in [-0.2, 0) is 0 Å². The maximum absolute atomic E-state index is 4.12. The van der Waals surface area contributed by atoms with Gasteiger partial charge in [0.15, 0.2) is 0 Å². The van der Waals surface area contributed by atoms with E-state index in [1.54, 1.807) is 0 Å². The Morgan fingerprint density at radius 3 is 2.44 bits per heavy atom. The fourth-order valence-electron chi connectivity index (χ4n) is 1.30. The molecule has 0 amide bonds. The second-order valence-corrected chi connectivity index (χ2v) is 4.53.